The van der Waals surface area contributed by atoms with Gasteiger partial charge in [0.05, 0.1) is 0 Å². The molecule has 136 valence electrons. The Morgan fingerprint density at radius 3 is 2.35 bits per heavy atom. The summed E-state index contributed by atoms with van der Waals surface area (Å²) in [6, 6.07) is 15.3. The van der Waals surface area contributed by atoms with Crippen LogP contribution in [-0.2, 0) is 13.0 Å². The molecule has 2 amide bonds. The molecule has 2 aromatic rings. The highest BCUT2D eigenvalue weighted by Gasteiger charge is 2.22. The van der Waals surface area contributed by atoms with Crippen molar-refractivity contribution in [2.45, 2.75) is 32.7 Å². The van der Waals surface area contributed by atoms with Crippen LogP contribution in [0.5, 0.6) is 0 Å². The molecule has 0 saturated carbocycles. The molecule has 0 aromatic heterocycles. The van der Waals surface area contributed by atoms with E-state index in [-0.39, 0.29) is 11.8 Å². The van der Waals surface area contributed by atoms with Crippen molar-refractivity contribution in [3.63, 3.8) is 0 Å². The number of benzene rings is 2. The van der Waals surface area contributed by atoms with Gasteiger partial charge in [0.15, 0.2) is 0 Å². The van der Waals surface area contributed by atoms with E-state index in [1.807, 2.05) is 24.1 Å². The average Bonchev–Trinajstić information content (AvgIpc) is 2.70. The summed E-state index contributed by atoms with van der Waals surface area (Å²) >= 11 is 0. The van der Waals surface area contributed by atoms with Gasteiger partial charge in [-0.2, -0.15) is 0 Å². The maximum absolute atomic E-state index is 12.8. The van der Waals surface area contributed by atoms with E-state index in [1.54, 1.807) is 29.2 Å². The van der Waals surface area contributed by atoms with Crippen LogP contribution in [-0.4, -0.2) is 41.8 Å². The van der Waals surface area contributed by atoms with Crippen LogP contribution < -0.4 is 0 Å². The van der Waals surface area contributed by atoms with Crippen LogP contribution in [0.2, 0.25) is 0 Å². The van der Waals surface area contributed by atoms with E-state index in [1.165, 1.54) is 11.1 Å². The lowest BCUT2D eigenvalue weighted by atomic mass is 9.99. The third-order valence-corrected chi connectivity index (χ3v) is 4.99. The molecule has 0 atom stereocenters. The Morgan fingerprint density at radius 2 is 1.65 bits per heavy atom. The van der Waals surface area contributed by atoms with Crippen LogP contribution in [0.4, 0.5) is 0 Å². The SMILES string of the molecule is CCCCN(C)C(=O)c1ccc(C(=O)N2CCc3ccccc3C2)cc1. The minimum absolute atomic E-state index is 0.00403. The molecular formula is C22H26N2O2. The Kier molecular flexibility index (Phi) is 5.71. The molecule has 0 aliphatic carbocycles. The van der Waals surface area contributed by atoms with Gasteiger partial charge in [0.25, 0.3) is 11.8 Å². The van der Waals surface area contributed by atoms with E-state index in [4.69, 9.17) is 0 Å². The number of hydrogen-bond acceptors (Lipinski definition) is 2. The Morgan fingerprint density at radius 1 is 1.00 bits per heavy atom. The van der Waals surface area contributed by atoms with Crippen LogP contribution in [0, 0.1) is 0 Å². The van der Waals surface area contributed by atoms with E-state index in [0.29, 0.717) is 17.7 Å². The molecule has 4 heteroatoms. The Bertz CT molecular complexity index is 783. The summed E-state index contributed by atoms with van der Waals surface area (Å²) < 4.78 is 0. The molecule has 0 radical (unpaired) electrons. The maximum atomic E-state index is 12.8. The normalized spacial score (nSPS) is 13.2. The molecule has 2 aromatic carbocycles. The van der Waals surface area contributed by atoms with Crippen LogP contribution in [0.1, 0.15) is 51.6 Å². The highest BCUT2D eigenvalue weighted by Crippen LogP contribution is 2.20. The van der Waals surface area contributed by atoms with Gasteiger partial charge in [-0.15, -0.1) is 0 Å². The van der Waals surface area contributed by atoms with Gasteiger partial charge in [0.2, 0.25) is 0 Å². The van der Waals surface area contributed by atoms with Crippen molar-refractivity contribution in [1.29, 1.82) is 0 Å². The van der Waals surface area contributed by atoms with Gasteiger partial charge in [0, 0.05) is 37.8 Å². The van der Waals surface area contributed by atoms with Gasteiger partial charge in [0.1, 0.15) is 0 Å². The zero-order valence-electron chi connectivity index (χ0n) is 15.6. The molecule has 1 heterocycles. The molecule has 0 bridgehead atoms. The first-order valence-corrected chi connectivity index (χ1v) is 9.31. The lowest BCUT2D eigenvalue weighted by molar-refractivity contribution is 0.0732. The number of fused-ring (bicyclic) bond motifs is 1. The Hall–Kier alpha value is -2.62. The zero-order chi connectivity index (χ0) is 18.5. The predicted octanol–water partition coefficient (Wildman–Crippen LogP) is 3.76. The molecule has 0 fully saturated rings. The highest BCUT2D eigenvalue weighted by atomic mass is 16.2. The van der Waals surface area contributed by atoms with Gasteiger partial charge < -0.3 is 9.80 Å². The van der Waals surface area contributed by atoms with Gasteiger partial charge in [-0.3, -0.25) is 9.59 Å². The fourth-order valence-electron chi connectivity index (χ4n) is 3.32. The number of unbranched alkanes of at least 4 members (excludes halogenated alkanes) is 1. The first-order chi connectivity index (χ1) is 12.6. The number of carbonyl (C=O) groups is 2. The molecule has 26 heavy (non-hydrogen) atoms. The van der Waals surface area contributed by atoms with Crippen molar-refractivity contribution in [3.8, 4) is 0 Å². The summed E-state index contributed by atoms with van der Waals surface area (Å²) in [5.74, 6) is 0.0298. The van der Waals surface area contributed by atoms with Crippen molar-refractivity contribution in [3.05, 3.63) is 70.8 Å². The fraction of sp³-hybridized carbons (Fsp3) is 0.364. The molecule has 0 N–H and O–H groups in total. The summed E-state index contributed by atoms with van der Waals surface area (Å²) in [5, 5.41) is 0. The first kappa shape index (κ1) is 18.2. The van der Waals surface area contributed by atoms with E-state index < -0.39 is 0 Å². The van der Waals surface area contributed by atoms with Crippen molar-refractivity contribution in [1.82, 2.24) is 9.80 Å². The van der Waals surface area contributed by atoms with Gasteiger partial charge in [-0.1, -0.05) is 37.6 Å². The summed E-state index contributed by atoms with van der Waals surface area (Å²) in [6.45, 7) is 4.24. The van der Waals surface area contributed by atoms with Crippen LogP contribution >= 0.6 is 0 Å². The van der Waals surface area contributed by atoms with Gasteiger partial charge in [-0.25, -0.2) is 0 Å². The number of carbonyl (C=O) groups excluding carboxylic acids is 2. The number of hydrogen-bond donors (Lipinski definition) is 0. The van der Waals surface area contributed by atoms with E-state index in [9.17, 15) is 9.59 Å². The van der Waals surface area contributed by atoms with Crippen molar-refractivity contribution >= 4 is 11.8 Å². The zero-order valence-corrected chi connectivity index (χ0v) is 15.6. The van der Waals surface area contributed by atoms with Crippen molar-refractivity contribution in [2.24, 2.45) is 0 Å². The molecule has 1 aliphatic rings. The maximum Gasteiger partial charge on any atom is 0.254 e. The minimum atomic E-state index is 0.00403. The highest BCUT2D eigenvalue weighted by molar-refractivity contribution is 5.97. The summed E-state index contributed by atoms with van der Waals surface area (Å²) in [6.07, 6.45) is 2.94. The lowest BCUT2D eigenvalue weighted by Gasteiger charge is -2.29. The molecule has 0 spiro atoms. The molecular weight excluding hydrogens is 324 g/mol. The standard InChI is InChI=1S/C22H26N2O2/c1-3-4-14-23(2)21(25)18-9-11-19(12-10-18)22(26)24-15-13-17-7-5-6-8-20(17)16-24/h5-12H,3-4,13-16H2,1-2H3. The van der Waals surface area contributed by atoms with Crippen molar-refractivity contribution < 1.29 is 9.59 Å². The van der Waals surface area contributed by atoms with Crippen LogP contribution in [0.25, 0.3) is 0 Å². The fourth-order valence-corrected chi connectivity index (χ4v) is 3.32. The summed E-state index contributed by atoms with van der Waals surface area (Å²) in [7, 11) is 1.82. The number of nitrogens with zero attached hydrogens (tertiary/aromatic N) is 2. The third-order valence-electron chi connectivity index (χ3n) is 4.99. The second-order valence-corrected chi connectivity index (χ2v) is 6.90. The molecule has 0 saturated heterocycles. The van der Waals surface area contributed by atoms with Crippen molar-refractivity contribution in [2.75, 3.05) is 20.1 Å². The summed E-state index contributed by atoms with van der Waals surface area (Å²) in [5.41, 5.74) is 3.81. The topological polar surface area (TPSA) is 40.6 Å². The average molecular weight is 350 g/mol. The lowest BCUT2D eigenvalue weighted by Crippen LogP contribution is -2.36. The summed E-state index contributed by atoms with van der Waals surface area (Å²) in [4.78, 5) is 28.8. The molecule has 3 rings (SSSR count). The predicted molar refractivity (Wildman–Crippen MR) is 103 cm³/mol. The van der Waals surface area contributed by atoms with E-state index in [0.717, 1.165) is 32.4 Å². The number of rotatable bonds is 5. The smallest absolute Gasteiger partial charge is 0.254 e. The largest absolute Gasteiger partial charge is 0.342 e. The second kappa shape index (κ2) is 8.17. The monoisotopic (exact) mass is 350 g/mol. The molecule has 0 unspecified atom stereocenters. The van der Waals surface area contributed by atoms with Gasteiger partial charge >= 0.3 is 0 Å². The van der Waals surface area contributed by atoms with Gasteiger partial charge in [-0.05, 0) is 48.2 Å². The third kappa shape index (κ3) is 3.96. The van der Waals surface area contributed by atoms with Crippen LogP contribution in [0.15, 0.2) is 48.5 Å². The van der Waals surface area contributed by atoms with E-state index >= 15 is 0 Å². The molecule has 4 nitrogen and oxygen atoms in total. The Balaban J connectivity index is 1.67. The minimum Gasteiger partial charge on any atom is -0.342 e. The van der Waals surface area contributed by atoms with Crippen LogP contribution in [0.3, 0.4) is 0 Å². The first-order valence-electron chi connectivity index (χ1n) is 9.31. The molecule has 1 aliphatic heterocycles. The number of amides is 2. The quantitative estimate of drug-likeness (QED) is 0.824. The Labute approximate surface area is 155 Å². The second-order valence-electron chi connectivity index (χ2n) is 6.90. The van der Waals surface area contributed by atoms with E-state index in [2.05, 4.69) is 19.1 Å².